The van der Waals surface area contributed by atoms with E-state index in [4.69, 9.17) is 5.73 Å². The van der Waals surface area contributed by atoms with Gasteiger partial charge >= 0.3 is 0 Å². The maximum absolute atomic E-state index is 11.7. The van der Waals surface area contributed by atoms with Crippen LogP contribution in [-0.4, -0.2) is 17.4 Å². The van der Waals surface area contributed by atoms with Crippen LogP contribution in [0.5, 0.6) is 0 Å². The Labute approximate surface area is 113 Å². The molecule has 0 fully saturated rings. The fourth-order valence-corrected chi connectivity index (χ4v) is 1.97. The van der Waals surface area contributed by atoms with E-state index < -0.39 is 0 Å². The van der Waals surface area contributed by atoms with E-state index in [0.717, 1.165) is 35.9 Å². The molecule has 1 heterocycles. The number of benzene rings is 1. The second-order valence-electron chi connectivity index (χ2n) is 4.56. The van der Waals surface area contributed by atoms with Crippen LogP contribution in [0.2, 0.25) is 0 Å². The quantitative estimate of drug-likeness (QED) is 0.782. The number of aromatic nitrogens is 1. The van der Waals surface area contributed by atoms with Gasteiger partial charge in [-0.15, -0.1) is 0 Å². The number of nitrogens with two attached hydrogens (primary N) is 1. The Balaban J connectivity index is 1.91. The van der Waals surface area contributed by atoms with Crippen molar-refractivity contribution in [2.45, 2.75) is 25.7 Å². The highest BCUT2D eigenvalue weighted by atomic mass is 16.1. The van der Waals surface area contributed by atoms with Gasteiger partial charge in [0.2, 0.25) is 5.91 Å². The third kappa shape index (κ3) is 4.03. The molecule has 0 radical (unpaired) electrons. The summed E-state index contributed by atoms with van der Waals surface area (Å²) in [4.78, 5) is 16.1. The van der Waals surface area contributed by atoms with E-state index in [1.807, 2.05) is 30.3 Å². The van der Waals surface area contributed by atoms with Crippen molar-refractivity contribution in [2.75, 3.05) is 11.9 Å². The lowest BCUT2D eigenvalue weighted by Gasteiger charge is -2.06. The molecule has 19 heavy (non-hydrogen) atoms. The molecule has 0 saturated carbocycles. The molecule has 4 heteroatoms. The van der Waals surface area contributed by atoms with Crippen LogP contribution in [-0.2, 0) is 4.79 Å². The highest BCUT2D eigenvalue weighted by Crippen LogP contribution is 2.16. The van der Waals surface area contributed by atoms with Gasteiger partial charge in [0.25, 0.3) is 0 Å². The van der Waals surface area contributed by atoms with E-state index >= 15 is 0 Å². The molecule has 0 aliphatic carbocycles. The lowest BCUT2D eigenvalue weighted by molar-refractivity contribution is -0.116. The zero-order valence-electron chi connectivity index (χ0n) is 10.9. The van der Waals surface area contributed by atoms with Gasteiger partial charge in [-0.2, -0.15) is 0 Å². The molecule has 2 rings (SSSR count). The molecule has 3 N–H and O–H groups in total. The number of hydrogen-bond acceptors (Lipinski definition) is 3. The Hall–Kier alpha value is -1.94. The Bertz CT molecular complexity index is 554. The minimum atomic E-state index is 0.0362. The summed E-state index contributed by atoms with van der Waals surface area (Å²) in [5.41, 5.74) is 7.10. The SMILES string of the molecule is NCCCCCC(=O)Nc1cnc2ccccc2c1. The van der Waals surface area contributed by atoms with Crippen molar-refractivity contribution in [1.29, 1.82) is 0 Å². The van der Waals surface area contributed by atoms with Gasteiger partial charge in [0.05, 0.1) is 17.4 Å². The summed E-state index contributed by atoms with van der Waals surface area (Å²) in [5, 5.41) is 3.91. The predicted octanol–water partition coefficient (Wildman–Crippen LogP) is 2.69. The summed E-state index contributed by atoms with van der Waals surface area (Å²) >= 11 is 0. The molecular formula is C15H19N3O. The zero-order valence-corrected chi connectivity index (χ0v) is 10.9. The molecule has 1 aromatic heterocycles. The molecular weight excluding hydrogens is 238 g/mol. The summed E-state index contributed by atoms with van der Waals surface area (Å²) in [6.45, 7) is 0.691. The molecule has 100 valence electrons. The first kappa shape index (κ1) is 13.5. The largest absolute Gasteiger partial charge is 0.330 e. The van der Waals surface area contributed by atoms with E-state index in [1.165, 1.54) is 0 Å². The van der Waals surface area contributed by atoms with Crippen LogP contribution < -0.4 is 11.1 Å². The Morgan fingerprint density at radius 3 is 2.89 bits per heavy atom. The van der Waals surface area contributed by atoms with Crippen LogP contribution in [0.4, 0.5) is 5.69 Å². The van der Waals surface area contributed by atoms with Crippen LogP contribution in [0.1, 0.15) is 25.7 Å². The number of carbonyl (C=O) groups is 1. The fraction of sp³-hybridized carbons (Fsp3) is 0.333. The van der Waals surface area contributed by atoms with E-state index in [2.05, 4.69) is 10.3 Å². The van der Waals surface area contributed by atoms with Gasteiger partial charge < -0.3 is 11.1 Å². The first-order valence-electron chi connectivity index (χ1n) is 6.64. The van der Waals surface area contributed by atoms with Crippen LogP contribution in [0.15, 0.2) is 36.5 Å². The molecule has 1 aromatic carbocycles. The first-order chi connectivity index (χ1) is 9.29. The van der Waals surface area contributed by atoms with Crippen molar-refractivity contribution in [2.24, 2.45) is 5.73 Å². The van der Waals surface area contributed by atoms with Crippen LogP contribution in [0, 0.1) is 0 Å². The summed E-state index contributed by atoms with van der Waals surface area (Å²) in [5.74, 6) is 0.0362. The third-order valence-corrected chi connectivity index (χ3v) is 2.98. The number of pyridine rings is 1. The van der Waals surface area contributed by atoms with Gasteiger partial charge in [-0.25, -0.2) is 0 Å². The number of para-hydroxylation sites is 1. The monoisotopic (exact) mass is 257 g/mol. The molecule has 0 bridgehead atoms. The first-order valence-corrected chi connectivity index (χ1v) is 6.64. The van der Waals surface area contributed by atoms with Gasteiger partial charge in [-0.3, -0.25) is 9.78 Å². The molecule has 0 atom stereocenters. The highest BCUT2D eigenvalue weighted by Gasteiger charge is 2.03. The summed E-state index contributed by atoms with van der Waals surface area (Å²) in [6.07, 6.45) is 5.09. The van der Waals surface area contributed by atoms with Crippen molar-refractivity contribution in [3.63, 3.8) is 0 Å². The predicted molar refractivity (Wildman–Crippen MR) is 77.9 cm³/mol. The number of anilines is 1. The van der Waals surface area contributed by atoms with Crippen molar-refractivity contribution in [1.82, 2.24) is 4.98 Å². The van der Waals surface area contributed by atoms with Crippen LogP contribution in [0.3, 0.4) is 0 Å². The summed E-state index contributed by atoms with van der Waals surface area (Å²) < 4.78 is 0. The number of unbranched alkanes of at least 4 members (excludes halogenated alkanes) is 2. The Kier molecular flexibility index (Phi) is 4.86. The van der Waals surface area contributed by atoms with Gasteiger partial charge in [0.15, 0.2) is 0 Å². The molecule has 0 unspecified atom stereocenters. The van der Waals surface area contributed by atoms with Gasteiger partial charge in [0.1, 0.15) is 0 Å². The van der Waals surface area contributed by atoms with E-state index in [9.17, 15) is 4.79 Å². The average molecular weight is 257 g/mol. The number of fused-ring (bicyclic) bond motifs is 1. The molecule has 0 aliphatic rings. The maximum atomic E-state index is 11.7. The van der Waals surface area contributed by atoms with Crippen LogP contribution >= 0.6 is 0 Å². The van der Waals surface area contributed by atoms with Gasteiger partial charge in [-0.1, -0.05) is 24.6 Å². The Morgan fingerprint density at radius 1 is 1.21 bits per heavy atom. The van der Waals surface area contributed by atoms with Crippen molar-refractivity contribution in [3.05, 3.63) is 36.5 Å². The minimum Gasteiger partial charge on any atom is -0.330 e. The lowest BCUT2D eigenvalue weighted by atomic mass is 10.2. The van der Waals surface area contributed by atoms with E-state index in [-0.39, 0.29) is 5.91 Å². The topological polar surface area (TPSA) is 68.0 Å². The number of nitrogens with one attached hydrogen (secondary N) is 1. The number of carbonyl (C=O) groups excluding carboxylic acids is 1. The number of amides is 1. The van der Waals surface area contributed by atoms with Crippen molar-refractivity contribution in [3.8, 4) is 0 Å². The van der Waals surface area contributed by atoms with Crippen LogP contribution in [0.25, 0.3) is 10.9 Å². The second kappa shape index (κ2) is 6.85. The molecule has 1 amide bonds. The van der Waals surface area contributed by atoms with Gasteiger partial charge in [-0.05, 0) is 31.5 Å². The second-order valence-corrected chi connectivity index (χ2v) is 4.56. The van der Waals surface area contributed by atoms with E-state index in [0.29, 0.717) is 13.0 Å². The summed E-state index contributed by atoms with van der Waals surface area (Å²) in [7, 11) is 0. The van der Waals surface area contributed by atoms with E-state index in [1.54, 1.807) is 6.20 Å². The molecule has 0 saturated heterocycles. The normalized spacial score (nSPS) is 10.6. The van der Waals surface area contributed by atoms with Crippen molar-refractivity contribution < 1.29 is 4.79 Å². The van der Waals surface area contributed by atoms with Crippen molar-refractivity contribution >= 4 is 22.5 Å². The number of rotatable bonds is 6. The molecule has 0 spiro atoms. The summed E-state index contributed by atoms with van der Waals surface area (Å²) in [6, 6.07) is 9.79. The fourth-order valence-electron chi connectivity index (χ4n) is 1.97. The molecule has 4 nitrogen and oxygen atoms in total. The minimum absolute atomic E-state index is 0.0362. The van der Waals surface area contributed by atoms with Gasteiger partial charge in [0, 0.05) is 11.8 Å². The molecule has 0 aliphatic heterocycles. The highest BCUT2D eigenvalue weighted by molar-refractivity contribution is 5.93. The smallest absolute Gasteiger partial charge is 0.224 e. The Morgan fingerprint density at radius 2 is 2.05 bits per heavy atom. The maximum Gasteiger partial charge on any atom is 0.224 e. The number of nitrogens with zero attached hydrogens (tertiary/aromatic N) is 1. The molecule has 2 aromatic rings. The number of hydrogen-bond donors (Lipinski definition) is 2. The third-order valence-electron chi connectivity index (χ3n) is 2.98. The standard InChI is InChI=1S/C15H19N3O/c16-9-5-1-2-8-15(19)18-13-10-12-6-3-4-7-14(12)17-11-13/h3-4,6-7,10-11H,1-2,5,8-9,16H2,(H,18,19). The lowest BCUT2D eigenvalue weighted by Crippen LogP contribution is -2.11. The zero-order chi connectivity index (χ0) is 13.5. The average Bonchev–Trinajstić information content (AvgIpc) is 2.43.